The number of carboxylic acid groups (broad SMARTS) is 1. The van der Waals surface area contributed by atoms with E-state index in [9.17, 15) is 14.7 Å². The zero-order valence-electron chi connectivity index (χ0n) is 9.29. The maximum atomic E-state index is 11.6. The second-order valence-corrected chi connectivity index (χ2v) is 4.82. The van der Waals surface area contributed by atoms with E-state index in [1.807, 2.05) is 0 Å². The van der Waals surface area contributed by atoms with Gasteiger partial charge >= 0.3 is 12.0 Å². The van der Waals surface area contributed by atoms with Crippen molar-refractivity contribution in [3.63, 3.8) is 0 Å². The fourth-order valence-electron chi connectivity index (χ4n) is 2.36. The number of nitrogens with one attached hydrogen (secondary N) is 2. The van der Waals surface area contributed by atoms with Gasteiger partial charge in [0.2, 0.25) is 0 Å². The van der Waals surface area contributed by atoms with Crippen molar-refractivity contribution >= 4 is 12.0 Å². The Morgan fingerprint density at radius 2 is 1.75 bits per heavy atom. The molecule has 2 saturated carbocycles. The molecule has 0 heterocycles. The van der Waals surface area contributed by atoms with Crippen molar-refractivity contribution < 1.29 is 14.7 Å². The van der Waals surface area contributed by atoms with Crippen LogP contribution in [0.15, 0.2) is 0 Å². The van der Waals surface area contributed by atoms with Crippen molar-refractivity contribution in [2.24, 2.45) is 0 Å². The molecule has 0 bridgehead atoms. The molecule has 5 nitrogen and oxygen atoms in total. The third kappa shape index (κ3) is 2.13. The second-order valence-electron chi connectivity index (χ2n) is 4.82. The largest absolute Gasteiger partial charge is 0.480 e. The van der Waals surface area contributed by atoms with Gasteiger partial charge in [-0.2, -0.15) is 0 Å². The van der Waals surface area contributed by atoms with E-state index in [-0.39, 0.29) is 12.1 Å². The number of rotatable bonds is 3. The van der Waals surface area contributed by atoms with E-state index in [0.29, 0.717) is 12.8 Å². The fraction of sp³-hybridized carbons (Fsp3) is 0.818. The molecule has 0 aromatic carbocycles. The summed E-state index contributed by atoms with van der Waals surface area (Å²) in [7, 11) is 0. The summed E-state index contributed by atoms with van der Waals surface area (Å²) in [5.41, 5.74) is -1.02. The Bertz CT molecular complexity index is 294. The Hall–Kier alpha value is -1.26. The number of carboxylic acids is 1. The number of carbonyl (C=O) groups excluding carboxylic acids is 1. The summed E-state index contributed by atoms with van der Waals surface area (Å²) in [6.45, 7) is 0. The molecule has 16 heavy (non-hydrogen) atoms. The molecule has 0 atom stereocenters. The first-order chi connectivity index (χ1) is 7.62. The molecule has 0 aromatic rings. The molecule has 2 rings (SSSR count). The minimum atomic E-state index is -1.02. The first-order valence-electron chi connectivity index (χ1n) is 5.94. The number of carbonyl (C=O) groups is 2. The number of amides is 2. The van der Waals surface area contributed by atoms with Crippen LogP contribution in [0.1, 0.15) is 44.9 Å². The van der Waals surface area contributed by atoms with Crippen LogP contribution < -0.4 is 10.6 Å². The maximum absolute atomic E-state index is 11.6. The van der Waals surface area contributed by atoms with Crippen LogP contribution in [0.2, 0.25) is 0 Å². The molecule has 0 unspecified atom stereocenters. The topological polar surface area (TPSA) is 78.4 Å². The van der Waals surface area contributed by atoms with Crippen LogP contribution in [0.25, 0.3) is 0 Å². The molecule has 0 aliphatic heterocycles. The summed E-state index contributed by atoms with van der Waals surface area (Å²) in [4.78, 5) is 22.8. The molecule has 0 aromatic heterocycles. The van der Waals surface area contributed by atoms with Crippen LogP contribution in [0.3, 0.4) is 0 Å². The van der Waals surface area contributed by atoms with Gasteiger partial charge in [-0.05, 0) is 32.1 Å². The van der Waals surface area contributed by atoms with Crippen molar-refractivity contribution in [1.29, 1.82) is 0 Å². The zero-order chi connectivity index (χ0) is 11.6. The summed E-state index contributed by atoms with van der Waals surface area (Å²) < 4.78 is 0. The highest BCUT2D eigenvalue weighted by Crippen LogP contribution is 2.30. The van der Waals surface area contributed by atoms with Gasteiger partial charge in [0.25, 0.3) is 0 Å². The third-order valence-corrected chi connectivity index (χ3v) is 3.66. The zero-order valence-corrected chi connectivity index (χ0v) is 9.29. The number of hydrogen-bond acceptors (Lipinski definition) is 2. The van der Waals surface area contributed by atoms with Gasteiger partial charge in [0.05, 0.1) is 0 Å². The molecule has 2 fully saturated rings. The van der Waals surface area contributed by atoms with Gasteiger partial charge in [-0.3, -0.25) is 0 Å². The number of hydrogen-bond donors (Lipinski definition) is 3. The summed E-state index contributed by atoms with van der Waals surface area (Å²) in [5, 5.41) is 14.6. The predicted molar refractivity (Wildman–Crippen MR) is 58.1 cm³/mol. The Morgan fingerprint density at radius 1 is 1.12 bits per heavy atom. The lowest BCUT2D eigenvalue weighted by Gasteiger charge is -2.30. The van der Waals surface area contributed by atoms with Gasteiger partial charge < -0.3 is 15.7 Å². The van der Waals surface area contributed by atoms with E-state index < -0.39 is 11.5 Å². The van der Waals surface area contributed by atoms with Crippen molar-refractivity contribution in [1.82, 2.24) is 10.6 Å². The van der Waals surface area contributed by atoms with E-state index in [4.69, 9.17) is 0 Å². The first-order valence-corrected chi connectivity index (χ1v) is 5.94. The lowest BCUT2D eigenvalue weighted by molar-refractivity contribution is -0.144. The summed E-state index contributed by atoms with van der Waals surface area (Å²) in [6.07, 6.45) is 5.99. The molecule has 2 aliphatic rings. The van der Waals surface area contributed by atoms with Gasteiger partial charge in [0.15, 0.2) is 0 Å². The van der Waals surface area contributed by atoms with Crippen LogP contribution in [-0.2, 0) is 4.79 Å². The smallest absolute Gasteiger partial charge is 0.329 e. The molecule has 3 N–H and O–H groups in total. The second kappa shape index (κ2) is 4.31. The van der Waals surface area contributed by atoms with E-state index in [1.54, 1.807) is 0 Å². The van der Waals surface area contributed by atoms with Crippen LogP contribution >= 0.6 is 0 Å². The molecule has 0 saturated heterocycles. The summed E-state index contributed by atoms with van der Waals surface area (Å²) in [6, 6.07) is -0.0822. The van der Waals surface area contributed by atoms with Gasteiger partial charge in [-0.25, -0.2) is 9.59 Å². The van der Waals surface area contributed by atoms with Crippen LogP contribution in [-0.4, -0.2) is 28.7 Å². The molecule has 0 spiro atoms. The van der Waals surface area contributed by atoms with Gasteiger partial charge in [0, 0.05) is 6.04 Å². The molecule has 0 radical (unpaired) electrons. The molecular formula is C11H18N2O3. The van der Waals surface area contributed by atoms with Gasteiger partial charge in [-0.1, -0.05) is 12.8 Å². The quantitative estimate of drug-likeness (QED) is 0.677. The highest BCUT2D eigenvalue weighted by Gasteiger charge is 2.42. The molecule has 90 valence electrons. The normalized spacial score (nSPS) is 23.5. The van der Waals surface area contributed by atoms with Crippen molar-refractivity contribution in [3.8, 4) is 0 Å². The average molecular weight is 226 g/mol. The van der Waals surface area contributed by atoms with Crippen LogP contribution in [0, 0.1) is 0 Å². The fourth-order valence-corrected chi connectivity index (χ4v) is 2.36. The van der Waals surface area contributed by atoms with Crippen LogP contribution in [0.4, 0.5) is 4.79 Å². The molecule has 2 amide bonds. The Kier molecular flexibility index (Phi) is 3.03. The summed E-state index contributed by atoms with van der Waals surface area (Å²) >= 11 is 0. The van der Waals surface area contributed by atoms with Crippen molar-refractivity contribution in [2.75, 3.05) is 0 Å². The maximum Gasteiger partial charge on any atom is 0.329 e. The van der Waals surface area contributed by atoms with E-state index in [2.05, 4.69) is 10.6 Å². The minimum absolute atomic E-state index is 0.243. The molecule has 5 heteroatoms. The van der Waals surface area contributed by atoms with Crippen molar-refractivity contribution in [3.05, 3.63) is 0 Å². The van der Waals surface area contributed by atoms with E-state index in [1.165, 1.54) is 0 Å². The summed E-state index contributed by atoms with van der Waals surface area (Å²) in [5.74, 6) is -0.909. The monoisotopic (exact) mass is 226 g/mol. The molecule has 2 aliphatic carbocycles. The lowest BCUT2D eigenvalue weighted by atomic mass is 9.93. The lowest BCUT2D eigenvalue weighted by Crippen LogP contribution is -2.57. The van der Waals surface area contributed by atoms with E-state index in [0.717, 1.165) is 32.1 Å². The number of aliphatic carboxylic acids is 1. The standard InChI is InChI=1S/C11H18N2O3/c14-9(15)11(6-1-2-7-11)13-10(16)12-8-4-3-5-8/h8H,1-7H2,(H,14,15)(H2,12,13,16). The predicted octanol–water partition coefficient (Wildman–Crippen LogP) is 1.24. The molecular weight excluding hydrogens is 208 g/mol. The van der Waals surface area contributed by atoms with Gasteiger partial charge in [-0.15, -0.1) is 0 Å². The Morgan fingerprint density at radius 3 is 2.19 bits per heavy atom. The first kappa shape index (κ1) is 11.2. The van der Waals surface area contributed by atoms with E-state index >= 15 is 0 Å². The van der Waals surface area contributed by atoms with Gasteiger partial charge in [0.1, 0.15) is 5.54 Å². The highest BCUT2D eigenvalue weighted by atomic mass is 16.4. The Labute approximate surface area is 94.6 Å². The number of urea groups is 1. The van der Waals surface area contributed by atoms with Crippen molar-refractivity contribution in [2.45, 2.75) is 56.5 Å². The Balaban J connectivity index is 1.89. The third-order valence-electron chi connectivity index (χ3n) is 3.66. The minimum Gasteiger partial charge on any atom is -0.480 e. The van der Waals surface area contributed by atoms with Crippen LogP contribution in [0.5, 0.6) is 0 Å². The average Bonchev–Trinajstić information content (AvgIpc) is 2.61. The highest BCUT2D eigenvalue weighted by molar-refractivity contribution is 5.86. The SMILES string of the molecule is O=C(NC1CCC1)NC1(C(=O)O)CCCC1.